The van der Waals surface area contributed by atoms with Crippen LogP contribution in [0.15, 0.2) is 0 Å². The van der Waals surface area contributed by atoms with Crippen LogP contribution in [0.4, 0.5) is 0 Å². The zero-order valence-corrected chi connectivity index (χ0v) is 11.6. The summed E-state index contributed by atoms with van der Waals surface area (Å²) in [5.74, 6) is 0.586. The van der Waals surface area contributed by atoms with Gasteiger partial charge in [0.15, 0.2) is 0 Å². The summed E-state index contributed by atoms with van der Waals surface area (Å²) in [7, 11) is 0. The molecular weight excluding hydrogens is 244 g/mol. The molecule has 1 aliphatic heterocycles. The third-order valence-corrected chi connectivity index (χ3v) is 4.35. The van der Waals surface area contributed by atoms with Gasteiger partial charge in [-0.2, -0.15) is 0 Å². The number of carbonyl (C=O) groups excluding carboxylic acids is 2. The summed E-state index contributed by atoms with van der Waals surface area (Å²) >= 11 is 0. The first-order valence-electron chi connectivity index (χ1n) is 7.26. The van der Waals surface area contributed by atoms with Gasteiger partial charge in [-0.25, -0.2) is 0 Å². The molecule has 2 rings (SSSR count). The Morgan fingerprint density at radius 3 is 2.53 bits per heavy atom. The molecule has 0 bridgehead atoms. The minimum Gasteiger partial charge on any atom is -0.396 e. The summed E-state index contributed by atoms with van der Waals surface area (Å²) in [6, 6.07) is -0.102. The van der Waals surface area contributed by atoms with Crippen molar-refractivity contribution >= 4 is 11.8 Å². The second-order valence-electron chi connectivity index (χ2n) is 5.90. The largest absolute Gasteiger partial charge is 0.396 e. The maximum atomic E-state index is 12.2. The van der Waals surface area contributed by atoms with Gasteiger partial charge in [-0.05, 0) is 18.8 Å². The van der Waals surface area contributed by atoms with Crippen LogP contribution < -0.4 is 5.32 Å². The minimum atomic E-state index is -0.103. The fourth-order valence-corrected chi connectivity index (χ4v) is 3.28. The molecule has 5 heteroatoms. The van der Waals surface area contributed by atoms with E-state index in [1.807, 2.05) is 0 Å². The molecule has 2 aliphatic rings. The highest BCUT2D eigenvalue weighted by atomic mass is 16.3. The lowest BCUT2D eigenvalue weighted by atomic mass is 10.0. The Bertz CT molecular complexity index is 340. The van der Waals surface area contributed by atoms with E-state index < -0.39 is 0 Å². The molecule has 5 nitrogen and oxygen atoms in total. The number of hydrogen-bond donors (Lipinski definition) is 2. The van der Waals surface area contributed by atoms with Crippen molar-refractivity contribution in [3.05, 3.63) is 0 Å². The quantitative estimate of drug-likeness (QED) is 0.781. The van der Waals surface area contributed by atoms with Crippen molar-refractivity contribution in [2.75, 3.05) is 19.7 Å². The maximum absolute atomic E-state index is 12.2. The van der Waals surface area contributed by atoms with Crippen molar-refractivity contribution in [2.24, 2.45) is 11.8 Å². The summed E-state index contributed by atoms with van der Waals surface area (Å²) in [4.78, 5) is 25.2. The van der Waals surface area contributed by atoms with Crippen LogP contribution in [0.1, 0.15) is 39.0 Å². The molecule has 1 saturated heterocycles. The van der Waals surface area contributed by atoms with E-state index in [1.165, 1.54) is 19.8 Å². The number of nitrogens with zero attached hydrogens (tertiary/aromatic N) is 1. The molecule has 0 aromatic carbocycles. The number of aliphatic hydroxyl groups excluding tert-OH is 1. The Kier molecular flexibility index (Phi) is 4.80. The third kappa shape index (κ3) is 3.69. The molecule has 2 N–H and O–H groups in total. The molecule has 108 valence electrons. The van der Waals surface area contributed by atoms with Gasteiger partial charge >= 0.3 is 0 Å². The molecule has 1 saturated carbocycles. The second-order valence-corrected chi connectivity index (χ2v) is 5.90. The number of aliphatic hydroxyl groups is 1. The predicted molar refractivity (Wildman–Crippen MR) is 71.3 cm³/mol. The average molecular weight is 268 g/mol. The first-order chi connectivity index (χ1) is 9.10. The fraction of sp³-hybridized carbons (Fsp3) is 0.857. The molecule has 2 atom stereocenters. The normalized spacial score (nSPS) is 27.8. The van der Waals surface area contributed by atoms with Crippen LogP contribution >= 0.6 is 0 Å². The van der Waals surface area contributed by atoms with Gasteiger partial charge in [-0.3, -0.25) is 9.59 Å². The number of nitrogens with one attached hydrogen (secondary N) is 1. The molecule has 0 aromatic rings. The van der Waals surface area contributed by atoms with Gasteiger partial charge in [-0.15, -0.1) is 0 Å². The molecular formula is C14H24N2O3. The Morgan fingerprint density at radius 1 is 1.26 bits per heavy atom. The van der Waals surface area contributed by atoms with Crippen molar-refractivity contribution in [1.29, 1.82) is 0 Å². The smallest absolute Gasteiger partial charge is 0.222 e. The third-order valence-electron chi connectivity index (χ3n) is 4.35. The van der Waals surface area contributed by atoms with Crippen molar-refractivity contribution < 1.29 is 14.7 Å². The van der Waals surface area contributed by atoms with Gasteiger partial charge in [0.25, 0.3) is 0 Å². The predicted octanol–water partition coefficient (Wildman–Crippen LogP) is 0.522. The highest BCUT2D eigenvalue weighted by molar-refractivity contribution is 5.77. The van der Waals surface area contributed by atoms with Crippen LogP contribution in [0.2, 0.25) is 0 Å². The van der Waals surface area contributed by atoms with Crippen LogP contribution in [0.3, 0.4) is 0 Å². The van der Waals surface area contributed by atoms with Crippen LogP contribution in [-0.4, -0.2) is 47.6 Å². The molecule has 0 aromatic heterocycles. The van der Waals surface area contributed by atoms with Crippen LogP contribution in [0.25, 0.3) is 0 Å². The lowest BCUT2D eigenvalue weighted by molar-refractivity contribution is -0.131. The van der Waals surface area contributed by atoms with E-state index in [0.717, 1.165) is 12.8 Å². The van der Waals surface area contributed by atoms with Crippen molar-refractivity contribution in [3.63, 3.8) is 0 Å². The lowest BCUT2D eigenvalue weighted by Gasteiger charge is -2.18. The van der Waals surface area contributed by atoms with Crippen LogP contribution in [-0.2, 0) is 9.59 Å². The Morgan fingerprint density at radius 2 is 1.95 bits per heavy atom. The maximum Gasteiger partial charge on any atom is 0.222 e. The standard InChI is InChI=1S/C14H24N2O3/c1-10(18)15-13-8-16(7-12(13)9-17)14(19)6-11-4-2-3-5-11/h11-13,17H,2-9H2,1H3,(H,15,18). The van der Waals surface area contributed by atoms with Crippen molar-refractivity contribution in [3.8, 4) is 0 Å². The highest BCUT2D eigenvalue weighted by Gasteiger charge is 2.35. The van der Waals surface area contributed by atoms with Gasteiger partial charge in [-0.1, -0.05) is 12.8 Å². The monoisotopic (exact) mass is 268 g/mol. The molecule has 1 heterocycles. The lowest BCUT2D eigenvalue weighted by Crippen LogP contribution is -2.40. The van der Waals surface area contributed by atoms with Gasteiger partial charge in [0, 0.05) is 39.0 Å². The molecule has 0 spiro atoms. The van der Waals surface area contributed by atoms with Gasteiger partial charge in [0.2, 0.25) is 11.8 Å². The minimum absolute atomic E-state index is 0.0121. The molecule has 2 unspecified atom stereocenters. The van der Waals surface area contributed by atoms with E-state index in [1.54, 1.807) is 4.90 Å². The van der Waals surface area contributed by atoms with E-state index in [4.69, 9.17) is 0 Å². The van der Waals surface area contributed by atoms with Crippen LogP contribution in [0, 0.1) is 11.8 Å². The van der Waals surface area contributed by atoms with E-state index in [-0.39, 0.29) is 30.4 Å². The summed E-state index contributed by atoms with van der Waals surface area (Å²) < 4.78 is 0. The zero-order chi connectivity index (χ0) is 13.8. The van der Waals surface area contributed by atoms with E-state index in [0.29, 0.717) is 25.4 Å². The highest BCUT2D eigenvalue weighted by Crippen LogP contribution is 2.29. The number of rotatable bonds is 4. The zero-order valence-electron chi connectivity index (χ0n) is 11.6. The van der Waals surface area contributed by atoms with Gasteiger partial charge in [0.1, 0.15) is 0 Å². The number of likely N-dealkylation sites (tertiary alicyclic amines) is 1. The average Bonchev–Trinajstić information content (AvgIpc) is 2.97. The number of amides is 2. The summed E-state index contributed by atoms with van der Waals surface area (Å²) in [5, 5.41) is 12.2. The van der Waals surface area contributed by atoms with Crippen molar-refractivity contribution in [2.45, 2.75) is 45.1 Å². The first kappa shape index (κ1) is 14.3. The van der Waals surface area contributed by atoms with Crippen molar-refractivity contribution in [1.82, 2.24) is 10.2 Å². The number of carbonyl (C=O) groups is 2. The Balaban J connectivity index is 1.86. The SMILES string of the molecule is CC(=O)NC1CN(C(=O)CC2CCCC2)CC1CO. The fourth-order valence-electron chi connectivity index (χ4n) is 3.28. The molecule has 0 radical (unpaired) electrons. The molecule has 1 aliphatic carbocycles. The second kappa shape index (κ2) is 6.37. The molecule has 2 amide bonds. The van der Waals surface area contributed by atoms with E-state index >= 15 is 0 Å². The molecule has 19 heavy (non-hydrogen) atoms. The summed E-state index contributed by atoms with van der Waals surface area (Å²) in [5.41, 5.74) is 0. The van der Waals surface area contributed by atoms with E-state index in [2.05, 4.69) is 5.32 Å². The van der Waals surface area contributed by atoms with Gasteiger partial charge < -0.3 is 15.3 Å². The topological polar surface area (TPSA) is 69.6 Å². The molecule has 2 fully saturated rings. The van der Waals surface area contributed by atoms with Gasteiger partial charge in [0.05, 0.1) is 6.04 Å². The summed E-state index contributed by atoms with van der Waals surface area (Å²) in [6.45, 7) is 2.58. The Labute approximate surface area is 114 Å². The summed E-state index contributed by atoms with van der Waals surface area (Å²) in [6.07, 6.45) is 5.44. The number of hydrogen-bond acceptors (Lipinski definition) is 3. The van der Waals surface area contributed by atoms with E-state index in [9.17, 15) is 14.7 Å². The van der Waals surface area contributed by atoms with Crippen LogP contribution in [0.5, 0.6) is 0 Å². The Hall–Kier alpha value is -1.10. The first-order valence-corrected chi connectivity index (χ1v) is 7.26.